The van der Waals surface area contributed by atoms with Crippen LogP contribution in [0.5, 0.6) is 0 Å². The molecule has 0 saturated heterocycles. The van der Waals surface area contributed by atoms with Gasteiger partial charge >= 0.3 is 5.97 Å². The Morgan fingerprint density at radius 1 is 1.29 bits per heavy atom. The number of hydrogen-bond acceptors (Lipinski definition) is 4. The lowest BCUT2D eigenvalue weighted by molar-refractivity contribution is 0.0690. The van der Waals surface area contributed by atoms with Crippen LogP contribution in [-0.2, 0) is 20.6 Å². The van der Waals surface area contributed by atoms with E-state index >= 15 is 0 Å². The Morgan fingerprint density at radius 2 is 1.95 bits per heavy atom. The zero-order valence-corrected chi connectivity index (χ0v) is 12.3. The second kappa shape index (κ2) is 5.39. The number of nitrogens with zero attached hydrogens (tertiary/aromatic N) is 4. The van der Waals surface area contributed by atoms with Crippen molar-refractivity contribution in [1.29, 1.82) is 0 Å². The highest BCUT2D eigenvalue weighted by atomic mass is 16.4. The normalized spacial score (nSPS) is 10.7. The number of carboxylic acids is 1. The van der Waals surface area contributed by atoms with Crippen LogP contribution in [0.15, 0.2) is 6.20 Å². The fourth-order valence-electron chi connectivity index (χ4n) is 2.19. The number of aromatic carboxylic acids is 1. The van der Waals surface area contributed by atoms with Gasteiger partial charge in [0.1, 0.15) is 11.3 Å². The van der Waals surface area contributed by atoms with E-state index in [9.17, 15) is 9.59 Å². The standard InChI is InChI=1S/C13H17N5O3/c1-7-9(8(2)17(3)16-7)5-14-12(19)11-10(13(20)21)6-15-18(11)4/h6H,5H2,1-4H3,(H,14,19)(H,20,21). The maximum atomic E-state index is 12.2. The van der Waals surface area contributed by atoms with Gasteiger partial charge in [-0.1, -0.05) is 0 Å². The summed E-state index contributed by atoms with van der Waals surface area (Å²) in [6.07, 6.45) is 1.16. The lowest BCUT2D eigenvalue weighted by atomic mass is 10.2. The molecule has 0 saturated carbocycles. The minimum atomic E-state index is -1.18. The van der Waals surface area contributed by atoms with Crippen molar-refractivity contribution in [3.05, 3.63) is 34.4 Å². The highest BCUT2D eigenvalue weighted by Gasteiger charge is 2.22. The van der Waals surface area contributed by atoms with Crippen LogP contribution in [0.2, 0.25) is 0 Å². The minimum Gasteiger partial charge on any atom is -0.478 e. The molecule has 0 aliphatic carbocycles. The Bertz CT molecular complexity index is 714. The van der Waals surface area contributed by atoms with E-state index in [1.165, 1.54) is 11.7 Å². The van der Waals surface area contributed by atoms with Gasteiger partial charge in [0.15, 0.2) is 0 Å². The number of carboxylic acid groups (broad SMARTS) is 1. The molecule has 0 aliphatic rings. The minimum absolute atomic E-state index is 0.0293. The van der Waals surface area contributed by atoms with Crippen molar-refractivity contribution < 1.29 is 14.7 Å². The summed E-state index contributed by atoms with van der Waals surface area (Å²) >= 11 is 0. The van der Waals surface area contributed by atoms with Gasteiger partial charge in [-0.15, -0.1) is 0 Å². The van der Waals surface area contributed by atoms with Crippen LogP contribution in [0.25, 0.3) is 0 Å². The second-order valence-corrected chi connectivity index (χ2v) is 4.79. The van der Waals surface area contributed by atoms with Crippen LogP contribution in [0.1, 0.15) is 37.8 Å². The van der Waals surface area contributed by atoms with Gasteiger partial charge in [-0.3, -0.25) is 14.2 Å². The van der Waals surface area contributed by atoms with Crippen LogP contribution in [0, 0.1) is 13.8 Å². The van der Waals surface area contributed by atoms with Crippen LogP contribution >= 0.6 is 0 Å². The first-order valence-electron chi connectivity index (χ1n) is 6.35. The molecule has 0 radical (unpaired) electrons. The average Bonchev–Trinajstić information content (AvgIpc) is 2.90. The number of aryl methyl sites for hydroxylation is 3. The van der Waals surface area contributed by atoms with Gasteiger partial charge < -0.3 is 10.4 Å². The Hall–Kier alpha value is -2.64. The Kier molecular flexibility index (Phi) is 3.79. The Balaban J connectivity index is 2.20. The first-order chi connectivity index (χ1) is 9.82. The molecule has 2 aromatic heterocycles. The van der Waals surface area contributed by atoms with Crippen molar-refractivity contribution in [2.75, 3.05) is 0 Å². The fraction of sp³-hybridized carbons (Fsp3) is 0.385. The summed E-state index contributed by atoms with van der Waals surface area (Å²) in [5.74, 6) is -1.66. The first-order valence-corrected chi connectivity index (χ1v) is 6.35. The maximum Gasteiger partial charge on any atom is 0.339 e. The molecule has 8 nitrogen and oxygen atoms in total. The van der Waals surface area contributed by atoms with Crippen molar-refractivity contribution in [2.24, 2.45) is 14.1 Å². The number of carbonyl (C=O) groups excluding carboxylic acids is 1. The molecule has 1 amide bonds. The van der Waals surface area contributed by atoms with Gasteiger partial charge in [0.25, 0.3) is 5.91 Å². The monoisotopic (exact) mass is 291 g/mol. The van der Waals surface area contributed by atoms with Gasteiger partial charge in [0.2, 0.25) is 0 Å². The van der Waals surface area contributed by atoms with E-state index in [0.29, 0.717) is 0 Å². The fourth-order valence-corrected chi connectivity index (χ4v) is 2.19. The molecule has 0 spiro atoms. The largest absolute Gasteiger partial charge is 0.478 e. The lowest BCUT2D eigenvalue weighted by Crippen LogP contribution is -2.27. The van der Waals surface area contributed by atoms with Crippen LogP contribution < -0.4 is 5.32 Å². The van der Waals surface area contributed by atoms with E-state index in [-0.39, 0.29) is 17.8 Å². The van der Waals surface area contributed by atoms with E-state index in [4.69, 9.17) is 5.11 Å². The molecular formula is C13H17N5O3. The average molecular weight is 291 g/mol. The molecule has 2 heterocycles. The molecule has 112 valence electrons. The van der Waals surface area contributed by atoms with Crippen LogP contribution in [0.4, 0.5) is 0 Å². The van der Waals surface area contributed by atoms with E-state index in [2.05, 4.69) is 15.5 Å². The first kappa shape index (κ1) is 14.8. The summed E-state index contributed by atoms with van der Waals surface area (Å²) in [5, 5.41) is 19.9. The summed E-state index contributed by atoms with van der Waals surface area (Å²) < 4.78 is 2.99. The number of nitrogens with one attached hydrogen (secondary N) is 1. The number of rotatable bonds is 4. The predicted molar refractivity (Wildman–Crippen MR) is 74.0 cm³/mol. The number of aromatic nitrogens is 4. The number of amides is 1. The summed E-state index contributed by atoms with van der Waals surface area (Å²) in [7, 11) is 3.36. The zero-order valence-electron chi connectivity index (χ0n) is 12.3. The zero-order chi connectivity index (χ0) is 15.7. The van der Waals surface area contributed by atoms with E-state index in [1.54, 1.807) is 4.68 Å². The van der Waals surface area contributed by atoms with Gasteiger partial charge in [-0.25, -0.2) is 4.79 Å². The Labute approximate surface area is 121 Å². The smallest absolute Gasteiger partial charge is 0.339 e. The third-order valence-electron chi connectivity index (χ3n) is 3.47. The molecule has 0 atom stereocenters. The molecular weight excluding hydrogens is 274 g/mol. The Morgan fingerprint density at radius 3 is 2.48 bits per heavy atom. The quantitative estimate of drug-likeness (QED) is 0.849. The second-order valence-electron chi connectivity index (χ2n) is 4.79. The van der Waals surface area contributed by atoms with Gasteiger partial charge in [-0.2, -0.15) is 10.2 Å². The molecule has 21 heavy (non-hydrogen) atoms. The molecule has 2 aromatic rings. The van der Waals surface area contributed by atoms with Gasteiger partial charge in [0, 0.05) is 31.9 Å². The molecule has 0 unspecified atom stereocenters. The van der Waals surface area contributed by atoms with Crippen molar-refractivity contribution in [3.8, 4) is 0 Å². The molecule has 0 fully saturated rings. The van der Waals surface area contributed by atoms with E-state index in [1.807, 2.05) is 20.9 Å². The lowest BCUT2D eigenvalue weighted by Gasteiger charge is -2.07. The van der Waals surface area contributed by atoms with Crippen molar-refractivity contribution in [3.63, 3.8) is 0 Å². The molecule has 0 bridgehead atoms. The summed E-state index contributed by atoms with van der Waals surface area (Å²) in [6.45, 7) is 4.06. The molecule has 0 aliphatic heterocycles. The van der Waals surface area contributed by atoms with Crippen molar-refractivity contribution in [2.45, 2.75) is 20.4 Å². The maximum absolute atomic E-state index is 12.2. The van der Waals surface area contributed by atoms with Crippen LogP contribution in [0.3, 0.4) is 0 Å². The number of hydrogen-bond donors (Lipinski definition) is 2. The van der Waals surface area contributed by atoms with Crippen molar-refractivity contribution in [1.82, 2.24) is 24.9 Å². The highest BCUT2D eigenvalue weighted by molar-refractivity contribution is 6.03. The topological polar surface area (TPSA) is 102 Å². The van der Waals surface area contributed by atoms with Crippen molar-refractivity contribution >= 4 is 11.9 Å². The SMILES string of the molecule is Cc1nn(C)c(C)c1CNC(=O)c1c(C(=O)O)cnn1C. The molecule has 2 rings (SSSR count). The third kappa shape index (κ3) is 2.64. The van der Waals surface area contributed by atoms with E-state index in [0.717, 1.165) is 23.1 Å². The molecule has 0 aromatic carbocycles. The molecule has 8 heteroatoms. The predicted octanol–water partition coefficient (Wildman–Crippen LogP) is 0.399. The van der Waals surface area contributed by atoms with E-state index < -0.39 is 11.9 Å². The summed E-state index contributed by atoms with van der Waals surface area (Å²) in [4.78, 5) is 23.3. The third-order valence-corrected chi connectivity index (χ3v) is 3.47. The molecule has 2 N–H and O–H groups in total. The summed E-state index contributed by atoms with van der Waals surface area (Å²) in [5.41, 5.74) is 2.62. The van der Waals surface area contributed by atoms with Gasteiger partial charge in [0.05, 0.1) is 11.9 Å². The summed E-state index contributed by atoms with van der Waals surface area (Å²) in [6, 6.07) is 0. The number of carbonyl (C=O) groups is 2. The highest BCUT2D eigenvalue weighted by Crippen LogP contribution is 2.12. The van der Waals surface area contributed by atoms with Gasteiger partial charge in [-0.05, 0) is 13.8 Å². The van der Waals surface area contributed by atoms with Crippen LogP contribution in [-0.4, -0.2) is 36.5 Å².